The van der Waals surface area contributed by atoms with Gasteiger partial charge in [-0.15, -0.1) is 11.3 Å². The first-order valence-electron chi connectivity index (χ1n) is 6.29. The summed E-state index contributed by atoms with van der Waals surface area (Å²) >= 11 is 13.6. The summed E-state index contributed by atoms with van der Waals surface area (Å²) < 4.78 is 0. The molecule has 0 aliphatic heterocycles. The molecule has 0 fully saturated rings. The summed E-state index contributed by atoms with van der Waals surface area (Å²) in [6, 6.07) is 9.71. The maximum Gasteiger partial charge on any atom is 0.0595 e. The fourth-order valence-corrected chi connectivity index (χ4v) is 3.08. The molecular formula is C15H16Cl2OS. The zero-order valence-electron chi connectivity index (χ0n) is 10.5. The zero-order chi connectivity index (χ0) is 13.7. The van der Waals surface area contributed by atoms with Crippen LogP contribution in [0, 0.1) is 0 Å². The second-order valence-electron chi connectivity index (χ2n) is 4.58. The minimum atomic E-state index is -0.322. The van der Waals surface area contributed by atoms with E-state index in [-0.39, 0.29) is 6.10 Å². The van der Waals surface area contributed by atoms with Crippen molar-refractivity contribution in [2.75, 3.05) is 0 Å². The largest absolute Gasteiger partial charge is 0.393 e. The topological polar surface area (TPSA) is 20.2 Å². The fourth-order valence-electron chi connectivity index (χ4n) is 2.01. The Balaban J connectivity index is 1.77. The van der Waals surface area contributed by atoms with Crippen LogP contribution >= 0.6 is 34.5 Å². The Bertz CT molecular complexity index is 511. The molecule has 1 unspecified atom stereocenters. The van der Waals surface area contributed by atoms with E-state index in [0.29, 0.717) is 16.5 Å². The van der Waals surface area contributed by atoms with Gasteiger partial charge >= 0.3 is 0 Å². The van der Waals surface area contributed by atoms with E-state index in [1.54, 1.807) is 17.4 Å². The summed E-state index contributed by atoms with van der Waals surface area (Å²) in [6.07, 6.45) is 3.15. The van der Waals surface area contributed by atoms with Crippen LogP contribution in [-0.2, 0) is 12.8 Å². The van der Waals surface area contributed by atoms with E-state index in [1.165, 1.54) is 4.88 Å². The lowest BCUT2D eigenvalue weighted by atomic mass is 10.0. The van der Waals surface area contributed by atoms with Crippen molar-refractivity contribution >= 4 is 34.5 Å². The van der Waals surface area contributed by atoms with E-state index in [9.17, 15) is 5.11 Å². The average molecular weight is 315 g/mol. The Kier molecular flexibility index (Phi) is 5.71. The summed E-state index contributed by atoms with van der Waals surface area (Å²) in [4.78, 5) is 1.38. The van der Waals surface area contributed by atoms with Gasteiger partial charge in [0.2, 0.25) is 0 Å². The minimum absolute atomic E-state index is 0.322. The maximum atomic E-state index is 10.0. The second-order valence-corrected chi connectivity index (χ2v) is 6.42. The van der Waals surface area contributed by atoms with Crippen molar-refractivity contribution in [3.05, 3.63) is 56.2 Å². The number of aryl methyl sites for hydroxylation is 1. The van der Waals surface area contributed by atoms with Crippen LogP contribution in [0.25, 0.3) is 0 Å². The third-order valence-electron chi connectivity index (χ3n) is 3.00. The van der Waals surface area contributed by atoms with E-state index >= 15 is 0 Å². The van der Waals surface area contributed by atoms with Crippen LogP contribution in [0.5, 0.6) is 0 Å². The highest BCUT2D eigenvalue weighted by molar-refractivity contribution is 7.09. The molecule has 1 heterocycles. The van der Waals surface area contributed by atoms with Crippen molar-refractivity contribution in [2.24, 2.45) is 0 Å². The molecule has 4 heteroatoms. The molecule has 0 aliphatic rings. The Hall–Kier alpha value is -0.540. The predicted octanol–water partition coefficient (Wildman–Crippen LogP) is 4.98. The van der Waals surface area contributed by atoms with Gasteiger partial charge in [-0.2, -0.15) is 0 Å². The van der Waals surface area contributed by atoms with Crippen LogP contribution in [0.2, 0.25) is 10.0 Å². The molecule has 1 atom stereocenters. The SMILES string of the molecule is OC(CCCc1cccs1)Cc1ccc(Cl)c(Cl)c1. The van der Waals surface area contributed by atoms with Crippen LogP contribution in [0.15, 0.2) is 35.7 Å². The molecule has 0 spiro atoms. The summed E-state index contributed by atoms with van der Waals surface area (Å²) in [5.74, 6) is 0. The number of hydrogen-bond acceptors (Lipinski definition) is 2. The van der Waals surface area contributed by atoms with E-state index in [1.807, 2.05) is 12.1 Å². The molecule has 19 heavy (non-hydrogen) atoms. The normalized spacial score (nSPS) is 12.6. The van der Waals surface area contributed by atoms with E-state index in [2.05, 4.69) is 17.5 Å². The van der Waals surface area contributed by atoms with Crippen LogP contribution < -0.4 is 0 Å². The minimum Gasteiger partial charge on any atom is -0.393 e. The number of thiophene rings is 1. The summed E-state index contributed by atoms with van der Waals surface area (Å²) in [5.41, 5.74) is 1.03. The van der Waals surface area contributed by atoms with Crippen molar-refractivity contribution in [2.45, 2.75) is 31.8 Å². The highest BCUT2D eigenvalue weighted by Gasteiger charge is 2.07. The van der Waals surface area contributed by atoms with Gasteiger partial charge in [0.05, 0.1) is 16.1 Å². The summed E-state index contributed by atoms with van der Waals surface area (Å²) in [6.45, 7) is 0. The number of rotatable bonds is 6. The van der Waals surface area contributed by atoms with Crippen molar-refractivity contribution in [3.63, 3.8) is 0 Å². The van der Waals surface area contributed by atoms with Gasteiger partial charge in [-0.25, -0.2) is 0 Å². The molecule has 0 bridgehead atoms. The van der Waals surface area contributed by atoms with Gasteiger partial charge in [0.25, 0.3) is 0 Å². The standard InChI is InChI=1S/C15H16Cl2OS/c16-14-7-6-11(10-15(14)17)9-12(18)3-1-4-13-5-2-8-19-13/h2,5-8,10,12,18H,1,3-4,9H2. The lowest BCUT2D eigenvalue weighted by molar-refractivity contribution is 0.162. The molecule has 2 rings (SSSR count). The lowest BCUT2D eigenvalue weighted by Crippen LogP contribution is -2.10. The van der Waals surface area contributed by atoms with E-state index < -0.39 is 0 Å². The number of aliphatic hydroxyl groups is 1. The lowest BCUT2D eigenvalue weighted by Gasteiger charge is -2.10. The number of aliphatic hydroxyl groups excluding tert-OH is 1. The Morgan fingerprint density at radius 1 is 1.16 bits per heavy atom. The first-order valence-corrected chi connectivity index (χ1v) is 7.93. The van der Waals surface area contributed by atoms with Crippen molar-refractivity contribution in [1.82, 2.24) is 0 Å². The van der Waals surface area contributed by atoms with Gasteiger partial charge < -0.3 is 5.11 Å². The monoisotopic (exact) mass is 314 g/mol. The zero-order valence-corrected chi connectivity index (χ0v) is 12.8. The molecule has 0 radical (unpaired) electrons. The third kappa shape index (κ3) is 4.81. The summed E-state index contributed by atoms with van der Waals surface area (Å²) in [5, 5.41) is 13.2. The van der Waals surface area contributed by atoms with Crippen LogP contribution in [0.1, 0.15) is 23.3 Å². The molecular weight excluding hydrogens is 299 g/mol. The van der Waals surface area contributed by atoms with Gasteiger partial charge in [-0.05, 0) is 54.8 Å². The van der Waals surface area contributed by atoms with Crippen molar-refractivity contribution in [1.29, 1.82) is 0 Å². The second kappa shape index (κ2) is 7.30. The smallest absolute Gasteiger partial charge is 0.0595 e. The van der Waals surface area contributed by atoms with Crippen LogP contribution in [0.4, 0.5) is 0 Å². The molecule has 1 N–H and O–H groups in total. The predicted molar refractivity (Wildman–Crippen MR) is 83.4 cm³/mol. The van der Waals surface area contributed by atoms with Gasteiger partial charge in [-0.1, -0.05) is 35.3 Å². The average Bonchev–Trinajstić information content (AvgIpc) is 2.87. The Labute approximate surface area is 127 Å². The van der Waals surface area contributed by atoms with Gasteiger partial charge in [0.15, 0.2) is 0 Å². The van der Waals surface area contributed by atoms with Crippen LogP contribution in [0.3, 0.4) is 0 Å². The van der Waals surface area contributed by atoms with Crippen molar-refractivity contribution in [3.8, 4) is 0 Å². The number of halogens is 2. The molecule has 102 valence electrons. The van der Waals surface area contributed by atoms with Crippen LogP contribution in [-0.4, -0.2) is 11.2 Å². The highest BCUT2D eigenvalue weighted by atomic mass is 35.5. The van der Waals surface area contributed by atoms with Gasteiger partial charge in [0.1, 0.15) is 0 Å². The Morgan fingerprint density at radius 2 is 2.00 bits per heavy atom. The summed E-state index contributed by atoms with van der Waals surface area (Å²) in [7, 11) is 0. The first kappa shape index (κ1) is 14.9. The highest BCUT2D eigenvalue weighted by Crippen LogP contribution is 2.23. The molecule has 2 aromatic rings. The molecule has 0 aliphatic carbocycles. The molecule has 0 saturated heterocycles. The van der Waals surface area contributed by atoms with E-state index in [0.717, 1.165) is 24.8 Å². The number of benzene rings is 1. The molecule has 1 nitrogen and oxygen atoms in total. The fraction of sp³-hybridized carbons (Fsp3) is 0.333. The third-order valence-corrected chi connectivity index (χ3v) is 4.67. The molecule has 0 amide bonds. The van der Waals surface area contributed by atoms with Gasteiger partial charge in [-0.3, -0.25) is 0 Å². The van der Waals surface area contributed by atoms with Gasteiger partial charge in [0, 0.05) is 4.88 Å². The molecule has 0 saturated carbocycles. The quantitative estimate of drug-likeness (QED) is 0.797. The van der Waals surface area contributed by atoms with Crippen molar-refractivity contribution < 1.29 is 5.11 Å². The first-order chi connectivity index (χ1) is 9.15. The Morgan fingerprint density at radius 3 is 2.68 bits per heavy atom. The number of hydrogen-bond donors (Lipinski definition) is 1. The molecule has 1 aromatic heterocycles. The maximum absolute atomic E-state index is 10.0. The molecule has 1 aromatic carbocycles. The van der Waals surface area contributed by atoms with E-state index in [4.69, 9.17) is 23.2 Å².